The molecule has 22 heteroatoms. The van der Waals surface area contributed by atoms with Gasteiger partial charge in [0.1, 0.15) is 59.2 Å². The highest BCUT2D eigenvalue weighted by molar-refractivity contribution is 6.06. The van der Waals surface area contributed by atoms with Gasteiger partial charge in [-0.1, -0.05) is 75.0 Å². The summed E-state index contributed by atoms with van der Waals surface area (Å²) in [4.78, 5) is 83.4. The number of aliphatic imine (C=N–C) groups is 1. The summed E-state index contributed by atoms with van der Waals surface area (Å²) >= 11 is 0. The number of nitrogens with one attached hydrogen (secondary N) is 3. The number of hydrogen-bond donors (Lipinski definition) is 9. The summed E-state index contributed by atoms with van der Waals surface area (Å²) < 4.78 is 33.4. The van der Waals surface area contributed by atoms with Gasteiger partial charge in [-0.25, -0.2) is 9.59 Å². The fourth-order valence-electron chi connectivity index (χ4n) is 9.34. The van der Waals surface area contributed by atoms with Crippen LogP contribution in [0.1, 0.15) is 85.8 Å². The fraction of sp³-hybridized carbons (Fsp3) is 0.441. The largest absolute Gasteiger partial charge is 0.506 e. The van der Waals surface area contributed by atoms with Crippen LogP contribution in [-0.4, -0.2) is 134 Å². The minimum Gasteiger partial charge on any atom is -0.506 e. The van der Waals surface area contributed by atoms with E-state index in [4.69, 9.17) is 39.9 Å². The molecule has 4 bridgehead atoms. The second-order valence-electron chi connectivity index (χ2n) is 20.1. The van der Waals surface area contributed by atoms with E-state index in [-0.39, 0.29) is 94.6 Å². The summed E-state index contributed by atoms with van der Waals surface area (Å²) in [7, 11) is 5.55. The Balaban J connectivity index is 1.75. The van der Waals surface area contributed by atoms with Crippen molar-refractivity contribution >= 4 is 70.6 Å². The monoisotopic (exact) mass is 1130 g/mol. The Morgan fingerprint density at radius 1 is 0.728 bits per heavy atom. The number of Topliss-reactive ketones (excluding diaryl/α,β-unsaturated/α-hetero) is 2. The van der Waals surface area contributed by atoms with Crippen LogP contribution < -0.4 is 27.4 Å². The van der Waals surface area contributed by atoms with E-state index in [2.05, 4.69) is 20.9 Å². The van der Waals surface area contributed by atoms with E-state index in [1.54, 1.807) is 58.9 Å². The molecule has 4 rings (SSSR count). The smallest absolute Gasteiger partial charge is 0.405 e. The Kier molecular flexibility index (Phi) is 24.7. The highest BCUT2D eigenvalue weighted by Gasteiger charge is 2.32. The first-order chi connectivity index (χ1) is 38.3. The zero-order chi connectivity index (χ0) is 60.4. The first-order valence-corrected chi connectivity index (χ1v) is 26.2. The standard InChI is InChI=1S/C59H78N6O16/c1-30-22-38-48(42(66)28-40(52(38)70)64-56(72)32(3)16-13-18-44(76-9)54(80-58(60)74)36(7)26-34(5)50(68)46(24-30)78-11)62-20-15-21-63-49-39-23-31(2)25-47(79-12)51(69)35(6)27-37(8)55(81-59(61)75)45(77-10)19-14-17-33(4)57(73)65-41(53(39)71)29-43(49)67/h13-14,16-20,23,26-30,35-36,44-47,54-55,63,66-67,70-71H,15,21-22,24-25H2,1-12H3,(H2,60,74)(H2,61,75)(H,64,72)(H,65,73). The number of phenolic OH excluding ortho intramolecular Hbond substituents is 4. The van der Waals surface area contributed by atoms with Gasteiger partial charge in [0.15, 0.2) is 17.7 Å². The third-order valence-electron chi connectivity index (χ3n) is 13.7. The number of hydrogen-bond acceptors (Lipinski definition) is 18. The number of allylic oxidation sites excluding steroid dienone is 5. The van der Waals surface area contributed by atoms with Gasteiger partial charge in [0.25, 0.3) is 11.8 Å². The van der Waals surface area contributed by atoms with E-state index in [0.717, 1.165) is 6.07 Å². The number of anilines is 3. The van der Waals surface area contributed by atoms with Crippen molar-refractivity contribution in [2.24, 2.45) is 34.2 Å². The first-order valence-electron chi connectivity index (χ1n) is 26.2. The number of carbonyl (C=O) groups is 6. The molecule has 81 heavy (non-hydrogen) atoms. The number of benzene rings is 2. The lowest BCUT2D eigenvalue weighted by Gasteiger charge is -2.27. The topological polar surface area (TPSA) is 339 Å². The predicted octanol–water partition coefficient (Wildman–Crippen LogP) is 8.28. The van der Waals surface area contributed by atoms with E-state index < -0.39 is 95.6 Å². The van der Waals surface area contributed by atoms with Crippen molar-refractivity contribution in [2.45, 2.75) is 118 Å². The van der Waals surface area contributed by atoms with Crippen molar-refractivity contribution < 1.29 is 77.6 Å². The predicted molar refractivity (Wildman–Crippen MR) is 308 cm³/mol. The molecule has 0 fully saturated rings. The molecule has 4 amide bonds. The number of ketones is 2. The van der Waals surface area contributed by atoms with Crippen LogP contribution >= 0.6 is 0 Å². The van der Waals surface area contributed by atoms with Gasteiger partial charge in [0, 0.05) is 100 Å². The van der Waals surface area contributed by atoms with Crippen LogP contribution in [0.25, 0.3) is 6.08 Å². The summed E-state index contributed by atoms with van der Waals surface area (Å²) in [6, 6.07) is 2.32. The van der Waals surface area contributed by atoms with E-state index >= 15 is 0 Å². The Bertz CT molecular complexity index is 2920. The van der Waals surface area contributed by atoms with Crippen molar-refractivity contribution in [3.63, 3.8) is 0 Å². The molecule has 22 nitrogen and oxygen atoms in total. The van der Waals surface area contributed by atoms with E-state index in [9.17, 15) is 49.2 Å². The molecule has 0 saturated carbocycles. The summed E-state index contributed by atoms with van der Waals surface area (Å²) in [6.07, 6.45) is 7.76. The second-order valence-corrected chi connectivity index (χ2v) is 20.1. The van der Waals surface area contributed by atoms with Gasteiger partial charge in [-0.2, -0.15) is 0 Å². The van der Waals surface area contributed by atoms with Gasteiger partial charge in [0.05, 0.1) is 17.1 Å². The van der Waals surface area contributed by atoms with E-state index in [1.807, 2.05) is 6.92 Å². The molecule has 0 aromatic heterocycles. The lowest BCUT2D eigenvalue weighted by Crippen LogP contribution is -2.38. The Labute approximate surface area is 472 Å². The highest BCUT2D eigenvalue weighted by atomic mass is 16.6. The van der Waals surface area contributed by atoms with Gasteiger partial charge in [-0.15, -0.1) is 0 Å². The van der Waals surface area contributed by atoms with E-state index in [1.165, 1.54) is 84.9 Å². The maximum absolute atomic E-state index is 13.9. The number of amides is 4. The lowest BCUT2D eigenvalue weighted by molar-refractivity contribution is -0.131. The van der Waals surface area contributed by atoms with Crippen LogP contribution in [0, 0.1) is 17.8 Å². The minimum atomic E-state index is -1.07. The lowest BCUT2D eigenvalue weighted by atomic mass is 9.89. The van der Waals surface area contributed by atoms with Crippen molar-refractivity contribution in [2.75, 3.05) is 50.9 Å². The van der Waals surface area contributed by atoms with E-state index in [0.29, 0.717) is 16.7 Å². The van der Waals surface area contributed by atoms with Crippen LogP contribution in [-0.2, 0) is 54.0 Å². The van der Waals surface area contributed by atoms with Gasteiger partial charge in [-0.05, 0) is 70.6 Å². The average molecular weight is 1130 g/mol. The maximum Gasteiger partial charge on any atom is 0.405 e. The van der Waals surface area contributed by atoms with Crippen LogP contribution in [0.5, 0.6) is 23.0 Å². The number of rotatable bonds is 11. The summed E-state index contributed by atoms with van der Waals surface area (Å²) in [5, 5.41) is 55.1. The fourth-order valence-corrected chi connectivity index (χ4v) is 9.34. The molecule has 0 saturated heterocycles. The van der Waals surface area contributed by atoms with Crippen molar-refractivity contribution in [1.29, 1.82) is 0 Å². The third kappa shape index (κ3) is 18.0. The van der Waals surface area contributed by atoms with Crippen molar-refractivity contribution in [1.82, 2.24) is 0 Å². The average Bonchev–Trinajstić information content (AvgIpc) is 3.44. The van der Waals surface area contributed by atoms with Crippen LogP contribution in [0.15, 0.2) is 93.6 Å². The quantitative estimate of drug-likeness (QED) is 0.0336. The zero-order valence-electron chi connectivity index (χ0n) is 47.9. The summed E-state index contributed by atoms with van der Waals surface area (Å²) in [5.41, 5.74) is 12.4. The Hall–Kier alpha value is -8.05. The number of primary amides is 2. The number of nitrogens with zero attached hydrogens (tertiary/aromatic N) is 1. The molecule has 2 heterocycles. The number of aromatic hydroxyl groups is 4. The maximum atomic E-state index is 13.9. The molecule has 2 aromatic rings. The summed E-state index contributed by atoms with van der Waals surface area (Å²) in [5.74, 6) is -5.30. The number of phenols is 4. The molecule has 9 unspecified atom stereocenters. The number of ether oxygens (including phenoxy) is 6. The molecule has 2 aliphatic rings. The molecule has 9 atom stereocenters. The molecule has 0 radical (unpaired) electrons. The molecule has 0 spiro atoms. The van der Waals surface area contributed by atoms with Crippen molar-refractivity contribution in [3.8, 4) is 23.0 Å². The molecular weight excluding hydrogens is 1050 g/mol. The molecule has 11 N–H and O–H groups in total. The molecule has 440 valence electrons. The van der Waals surface area contributed by atoms with Crippen molar-refractivity contribution in [3.05, 3.63) is 99.7 Å². The van der Waals surface area contributed by atoms with Gasteiger partial charge in [-0.3, -0.25) is 24.2 Å². The SMILES string of the molecule is COC1CC(C)Cc2c(O)c(cc(O)c2N=CCCNc2c(O)cc3c(O)c2C=C(C)CC(OC)C(=O)C(C)C=C(C)C(OC(N)=O)C(OC)C=CC=C(C)C(=O)N3)NC(=O)C(C)=CC=CC(OC)C(OC(N)=O)C(C)C=C(C)C1=O. The number of carbonyl (C=O) groups excluding carboxylic acids is 6. The first kappa shape index (κ1) is 65.5. The Morgan fingerprint density at radius 2 is 1.30 bits per heavy atom. The van der Waals surface area contributed by atoms with Gasteiger partial charge < -0.3 is 76.3 Å². The zero-order valence-corrected chi connectivity index (χ0v) is 47.9. The number of methoxy groups -OCH3 is 4. The van der Waals surface area contributed by atoms with Gasteiger partial charge >= 0.3 is 12.2 Å². The number of nitrogens with two attached hydrogens (primary N) is 2. The minimum absolute atomic E-state index is 0.0267. The van der Waals surface area contributed by atoms with Crippen LogP contribution in [0.3, 0.4) is 0 Å². The number of fused-ring (bicyclic) bond motifs is 4. The molecule has 2 aromatic carbocycles. The van der Waals surface area contributed by atoms with Crippen LogP contribution in [0.2, 0.25) is 0 Å². The molecule has 2 aliphatic heterocycles. The normalized spacial score (nSPS) is 24.2. The second kappa shape index (κ2) is 30.5. The highest BCUT2D eigenvalue weighted by Crippen LogP contribution is 2.45. The molecule has 0 aliphatic carbocycles. The van der Waals surface area contributed by atoms with Gasteiger partial charge in [0.2, 0.25) is 0 Å². The Morgan fingerprint density at radius 3 is 1.86 bits per heavy atom. The van der Waals surface area contributed by atoms with Crippen LogP contribution in [0.4, 0.5) is 32.3 Å². The summed E-state index contributed by atoms with van der Waals surface area (Å²) in [6.45, 7) is 13.3. The molecular formula is C59H78N6O16. The third-order valence-corrected chi connectivity index (χ3v) is 13.7.